The number of carbonyl (C=O) groups is 3. The zero-order valence-corrected chi connectivity index (χ0v) is 14.1. The van der Waals surface area contributed by atoms with Gasteiger partial charge in [-0.15, -0.1) is 0 Å². The Morgan fingerprint density at radius 3 is 2.09 bits per heavy atom. The van der Waals surface area contributed by atoms with E-state index in [-0.39, 0.29) is 0 Å². The summed E-state index contributed by atoms with van der Waals surface area (Å²) in [4.78, 5) is 38.7. The molecular weight excluding hydrogens is 294 g/mol. The summed E-state index contributed by atoms with van der Waals surface area (Å²) < 4.78 is 5.42. The molecule has 1 aromatic carbocycles. The number of hydrogen-bond acceptors (Lipinski definition) is 4. The summed E-state index contributed by atoms with van der Waals surface area (Å²) in [5, 5.41) is 0. The predicted octanol–water partition coefficient (Wildman–Crippen LogP) is 3.18. The van der Waals surface area contributed by atoms with E-state index in [2.05, 4.69) is 0 Å². The van der Waals surface area contributed by atoms with Crippen molar-refractivity contribution in [2.45, 2.75) is 58.6 Å². The SMILES string of the molecule is CCCCC(C(=O)OC(C)(C)C)N1C(=O)c2ccccc2C1=O. The van der Waals surface area contributed by atoms with Crippen LogP contribution in [0.15, 0.2) is 24.3 Å². The fourth-order valence-corrected chi connectivity index (χ4v) is 2.61. The Kier molecular flexibility index (Phi) is 4.88. The van der Waals surface area contributed by atoms with E-state index < -0.39 is 29.4 Å². The second-order valence-electron chi connectivity index (χ2n) is 6.72. The van der Waals surface area contributed by atoms with E-state index in [1.807, 2.05) is 6.92 Å². The summed E-state index contributed by atoms with van der Waals surface area (Å²) in [7, 11) is 0. The Labute approximate surface area is 136 Å². The lowest BCUT2D eigenvalue weighted by molar-refractivity contribution is -0.160. The van der Waals surface area contributed by atoms with Crippen molar-refractivity contribution in [1.29, 1.82) is 0 Å². The fourth-order valence-electron chi connectivity index (χ4n) is 2.61. The van der Waals surface area contributed by atoms with Crippen LogP contribution >= 0.6 is 0 Å². The third-order valence-electron chi connectivity index (χ3n) is 3.65. The van der Waals surface area contributed by atoms with Crippen LogP contribution in [-0.2, 0) is 9.53 Å². The molecule has 0 aromatic heterocycles. The Hall–Kier alpha value is -2.17. The van der Waals surface area contributed by atoms with Gasteiger partial charge in [-0.2, -0.15) is 0 Å². The molecule has 0 radical (unpaired) electrons. The number of unbranched alkanes of at least 4 members (excludes halogenated alkanes) is 1. The Morgan fingerprint density at radius 1 is 1.13 bits per heavy atom. The first kappa shape index (κ1) is 17.2. The number of carbonyl (C=O) groups excluding carboxylic acids is 3. The van der Waals surface area contributed by atoms with Crippen LogP contribution in [0.25, 0.3) is 0 Å². The van der Waals surface area contributed by atoms with E-state index in [9.17, 15) is 14.4 Å². The minimum atomic E-state index is -0.874. The van der Waals surface area contributed by atoms with Gasteiger partial charge in [0.2, 0.25) is 0 Å². The molecule has 1 heterocycles. The van der Waals surface area contributed by atoms with E-state index in [1.54, 1.807) is 45.0 Å². The molecule has 2 rings (SSSR count). The number of hydrogen-bond donors (Lipinski definition) is 0. The molecular formula is C18H23NO4. The van der Waals surface area contributed by atoms with Gasteiger partial charge in [0.1, 0.15) is 11.6 Å². The molecule has 1 atom stereocenters. The van der Waals surface area contributed by atoms with E-state index in [1.165, 1.54) is 0 Å². The Balaban J connectivity index is 2.32. The summed E-state index contributed by atoms with van der Waals surface area (Å²) in [5.74, 6) is -1.37. The molecule has 0 bridgehead atoms. The maximum Gasteiger partial charge on any atom is 0.329 e. The number of nitrogens with zero attached hydrogens (tertiary/aromatic N) is 1. The number of amides is 2. The summed E-state index contributed by atoms with van der Waals surface area (Å²) in [6.45, 7) is 7.30. The van der Waals surface area contributed by atoms with Gasteiger partial charge in [-0.3, -0.25) is 14.5 Å². The molecule has 5 nitrogen and oxygen atoms in total. The third kappa shape index (κ3) is 3.60. The van der Waals surface area contributed by atoms with Gasteiger partial charge in [-0.1, -0.05) is 31.9 Å². The zero-order valence-electron chi connectivity index (χ0n) is 14.1. The molecule has 2 amide bonds. The first-order valence-electron chi connectivity index (χ1n) is 7.96. The topological polar surface area (TPSA) is 63.7 Å². The minimum Gasteiger partial charge on any atom is -0.458 e. The largest absolute Gasteiger partial charge is 0.458 e. The smallest absolute Gasteiger partial charge is 0.329 e. The molecule has 0 N–H and O–H groups in total. The van der Waals surface area contributed by atoms with Crippen LogP contribution in [0.4, 0.5) is 0 Å². The van der Waals surface area contributed by atoms with Crippen molar-refractivity contribution in [1.82, 2.24) is 4.90 Å². The number of ether oxygens (including phenoxy) is 1. The molecule has 0 saturated carbocycles. The molecule has 1 aliphatic heterocycles. The maximum atomic E-state index is 12.6. The van der Waals surface area contributed by atoms with Gasteiger partial charge in [0.05, 0.1) is 11.1 Å². The predicted molar refractivity (Wildman–Crippen MR) is 86.1 cm³/mol. The number of benzene rings is 1. The number of esters is 1. The molecule has 124 valence electrons. The summed E-state index contributed by atoms with van der Waals surface area (Å²) in [6, 6.07) is 5.77. The number of fused-ring (bicyclic) bond motifs is 1. The monoisotopic (exact) mass is 317 g/mol. The molecule has 1 unspecified atom stereocenters. The molecule has 0 fully saturated rings. The van der Waals surface area contributed by atoms with Crippen molar-refractivity contribution in [3.63, 3.8) is 0 Å². The van der Waals surface area contributed by atoms with Crippen LogP contribution in [0, 0.1) is 0 Å². The van der Waals surface area contributed by atoms with Crippen molar-refractivity contribution in [2.24, 2.45) is 0 Å². The average Bonchev–Trinajstić information content (AvgIpc) is 2.71. The standard InChI is InChI=1S/C18H23NO4/c1-5-6-11-14(17(22)23-18(2,3)4)19-15(20)12-9-7-8-10-13(12)16(19)21/h7-10,14H,5-6,11H2,1-4H3. The molecule has 1 aromatic rings. The van der Waals surface area contributed by atoms with Crippen LogP contribution in [0.3, 0.4) is 0 Å². The highest BCUT2D eigenvalue weighted by Crippen LogP contribution is 2.27. The van der Waals surface area contributed by atoms with E-state index in [0.717, 1.165) is 17.7 Å². The van der Waals surface area contributed by atoms with Crippen LogP contribution in [0.2, 0.25) is 0 Å². The minimum absolute atomic E-state index is 0.350. The molecule has 23 heavy (non-hydrogen) atoms. The van der Waals surface area contributed by atoms with Crippen molar-refractivity contribution >= 4 is 17.8 Å². The quantitative estimate of drug-likeness (QED) is 0.618. The van der Waals surface area contributed by atoms with Crippen LogP contribution in [0.1, 0.15) is 67.7 Å². The van der Waals surface area contributed by atoms with Gasteiger partial charge in [0, 0.05) is 0 Å². The molecule has 0 aliphatic carbocycles. The van der Waals surface area contributed by atoms with Crippen molar-refractivity contribution < 1.29 is 19.1 Å². The molecule has 5 heteroatoms. The van der Waals surface area contributed by atoms with Gasteiger partial charge < -0.3 is 4.74 Å². The van der Waals surface area contributed by atoms with E-state index in [4.69, 9.17) is 4.74 Å². The maximum absolute atomic E-state index is 12.6. The Bertz CT molecular complexity index is 595. The molecule has 0 spiro atoms. The summed E-state index contributed by atoms with van der Waals surface area (Å²) in [5.41, 5.74) is 0.0327. The highest BCUT2D eigenvalue weighted by molar-refractivity contribution is 6.22. The second-order valence-corrected chi connectivity index (χ2v) is 6.72. The fraction of sp³-hybridized carbons (Fsp3) is 0.500. The first-order chi connectivity index (χ1) is 10.8. The van der Waals surface area contributed by atoms with Gasteiger partial charge in [-0.05, 0) is 39.3 Å². The van der Waals surface area contributed by atoms with Crippen LogP contribution < -0.4 is 0 Å². The Morgan fingerprint density at radius 2 is 1.65 bits per heavy atom. The van der Waals surface area contributed by atoms with Crippen molar-refractivity contribution in [2.75, 3.05) is 0 Å². The third-order valence-corrected chi connectivity index (χ3v) is 3.65. The zero-order chi connectivity index (χ0) is 17.2. The van der Waals surface area contributed by atoms with Crippen LogP contribution in [-0.4, -0.2) is 34.3 Å². The number of imide groups is 1. The summed E-state index contributed by atoms with van der Waals surface area (Å²) in [6.07, 6.45) is 2.01. The van der Waals surface area contributed by atoms with Gasteiger partial charge >= 0.3 is 5.97 Å². The van der Waals surface area contributed by atoms with E-state index >= 15 is 0 Å². The van der Waals surface area contributed by atoms with E-state index in [0.29, 0.717) is 17.5 Å². The molecule has 1 aliphatic rings. The number of rotatable bonds is 5. The summed E-state index contributed by atoms with van der Waals surface area (Å²) >= 11 is 0. The van der Waals surface area contributed by atoms with Crippen molar-refractivity contribution in [3.8, 4) is 0 Å². The lowest BCUT2D eigenvalue weighted by Gasteiger charge is -2.28. The van der Waals surface area contributed by atoms with Gasteiger partial charge in [-0.25, -0.2) is 4.79 Å². The van der Waals surface area contributed by atoms with Gasteiger partial charge in [0.25, 0.3) is 11.8 Å². The lowest BCUT2D eigenvalue weighted by Crippen LogP contribution is -2.47. The first-order valence-corrected chi connectivity index (χ1v) is 7.96. The molecule has 0 saturated heterocycles. The van der Waals surface area contributed by atoms with Gasteiger partial charge in [0.15, 0.2) is 0 Å². The highest BCUT2D eigenvalue weighted by atomic mass is 16.6. The normalized spacial score (nSPS) is 15.6. The average molecular weight is 317 g/mol. The van der Waals surface area contributed by atoms with Crippen molar-refractivity contribution in [3.05, 3.63) is 35.4 Å². The second kappa shape index (κ2) is 6.52. The highest BCUT2D eigenvalue weighted by Gasteiger charge is 2.43. The lowest BCUT2D eigenvalue weighted by atomic mass is 10.1. The van der Waals surface area contributed by atoms with Crippen LogP contribution in [0.5, 0.6) is 0 Å².